The number of imidazole rings is 2. The van der Waals surface area contributed by atoms with Gasteiger partial charge < -0.3 is 35.7 Å². The number of rotatable bonds is 7. The number of likely N-dealkylation sites (tertiary alicyclic amines) is 1. The molecule has 1 aliphatic rings. The summed E-state index contributed by atoms with van der Waals surface area (Å²) < 4.78 is 256. The molecule has 5 N–H and O–H groups in total. The van der Waals surface area contributed by atoms with Gasteiger partial charge in [-0.25, -0.2) is 23.5 Å². The number of aromatic nitrogens is 6. The normalized spacial score (nSPS) is 9.75. The van der Waals surface area contributed by atoms with Gasteiger partial charge in [0.15, 0.2) is 5.84 Å². The van der Waals surface area contributed by atoms with Crippen LogP contribution in [0.5, 0.6) is 0 Å². The number of hydrogen-bond donors (Lipinski definition) is 4. The lowest BCUT2D eigenvalue weighted by Gasteiger charge is -2.37. The number of amides is 3. The maximum atomic E-state index is 14.5. The van der Waals surface area contributed by atoms with Crippen LogP contribution in [0.15, 0.2) is 107 Å². The van der Waals surface area contributed by atoms with Crippen LogP contribution in [0.2, 0.25) is 0 Å². The topological polar surface area (TPSA) is 220 Å². The quantitative estimate of drug-likeness (QED) is 0.0224. The van der Waals surface area contributed by atoms with Gasteiger partial charge in [0.1, 0.15) is 39.9 Å². The number of amidine groups is 1. The van der Waals surface area contributed by atoms with Crippen molar-refractivity contribution in [3.05, 3.63) is 132 Å². The van der Waals surface area contributed by atoms with Gasteiger partial charge in [-0.1, -0.05) is 52.5 Å². The molecular formula is C41H43F29IN11O6. The highest BCUT2D eigenvalue weighted by molar-refractivity contribution is 14.1. The smallest absolute Gasteiger partial charge is 0.410 e. The molecule has 3 amide bonds. The summed E-state index contributed by atoms with van der Waals surface area (Å²) in [4.78, 5) is 51.9. The van der Waals surface area contributed by atoms with E-state index in [-0.39, 0.29) is 58.0 Å². The number of carbonyl (C=O) groups is 3. The highest BCUT2D eigenvalue weighted by Crippen LogP contribution is 2.30. The molecule has 0 saturated carbocycles. The first-order chi connectivity index (χ1) is 42.2. The molecule has 0 unspecified atom stereocenters. The molecule has 0 aliphatic carbocycles. The number of halogens is 30. The number of pyridine rings is 2. The number of oxime groups is 1. The Morgan fingerprint density at radius 1 is 0.659 bits per heavy atom. The highest BCUT2D eigenvalue weighted by atomic mass is 127. The summed E-state index contributed by atoms with van der Waals surface area (Å²) in [5.74, 6) is -1.95. The molecule has 1 aliphatic heterocycles. The Bertz CT molecular complexity index is 2800. The Kier molecular flexibility index (Phi) is 73.3. The molecule has 88 heavy (non-hydrogen) atoms. The van der Waals surface area contributed by atoms with Gasteiger partial charge in [-0.15, -0.1) is 0 Å². The first-order valence-corrected chi connectivity index (χ1v) is 21.3. The number of nitrogens with one attached hydrogen (secondary N) is 2. The Morgan fingerprint density at radius 2 is 1.03 bits per heavy atom. The van der Waals surface area contributed by atoms with Gasteiger partial charge in [0.05, 0.1) is 29.7 Å². The summed E-state index contributed by atoms with van der Waals surface area (Å²) in [6.45, 7) is 6.23. The van der Waals surface area contributed by atoms with Crippen LogP contribution in [-0.4, -0.2) is 86.4 Å². The summed E-state index contributed by atoms with van der Waals surface area (Å²) in [5, 5.41) is 20.5. The molecule has 7 aromatic rings. The second-order valence-corrected chi connectivity index (χ2v) is 14.0. The largest absolute Gasteiger partial charge is 0.444 e. The van der Waals surface area contributed by atoms with Crippen molar-refractivity contribution in [3.63, 3.8) is 0 Å². The highest BCUT2D eigenvalue weighted by Gasteiger charge is 2.38. The molecular weight excluding hydrogens is 1420 g/mol. The molecule has 1 fully saturated rings. The molecule has 508 valence electrons. The van der Waals surface area contributed by atoms with Crippen molar-refractivity contribution in [1.29, 1.82) is 0 Å². The number of fused-ring (bicyclic) bond motifs is 2. The van der Waals surface area contributed by atoms with E-state index in [1.165, 1.54) is 42.7 Å². The number of ether oxygens (including phenoxy) is 1. The Hall–Kier alpha value is -8.86. The van der Waals surface area contributed by atoms with Crippen molar-refractivity contribution < 1.29 is 163 Å². The van der Waals surface area contributed by atoms with Gasteiger partial charge in [-0.05, 0) is 86.3 Å². The number of nitrogens with zero attached hydrogens (tertiary/aromatic N) is 8. The summed E-state index contributed by atoms with van der Waals surface area (Å²) >= 11 is 1.96. The third kappa shape index (κ3) is 34.9. The minimum Gasteiger partial charge on any atom is -0.444 e. The molecule has 0 bridgehead atoms. The van der Waals surface area contributed by atoms with Gasteiger partial charge in [-0.2, -0.15) is 4.98 Å². The van der Waals surface area contributed by atoms with E-state index in [0.717, 1.165) is 6.07 Å². The number of alkyl halides is 1. The maximum Gasteiger partial charge on any atom is 0.410 e. The Morgan fingerprint density at radius 3 is 1.41 bits per heavy atom. The lowest BCUT2D eigenvalue weighted by Crippen LogP contribution is -2.50. The van der Waals surface area contributed by atoms with Crippen molar-refractivity contribution in [2.24, 2.45) is 10.9 Å². The van der Waals surface area contributed by atoms with E-state index >= 15 is 0 Å². The number of nitrogens with two attached hydrogens (primary N) is 1. The Balaban J connectivity index is -0.000000126. The number of anilines is 2. The van der Waals surface area contributed by atoms with Crippen LogP contribution in [0.3, 0.4) is 0 Å². The zero-order chi connectivity index (χ0) is 69.8. The van der Waals surface area contributed by atoms with Gasteiger partial charge >= 0.3 is 6.09 Å². The van der Waals surface area contributed by atoms with Crippen molar-refractivity contribution in [2.75, 3.05) is 28.6 Å². The minimum atomic E-state index is -0.637. The van der Waals surface area contributed by atoms with Crippen LogP contribution in [-0.2, 0) is 4.74 Å². The molecule has 6 heterocycles. The summed E-state index contributed by atoms with van der Waals surface area (Å²) in [6.07, 6.45) is 5.82. The number of benzene rings is 2. The lowest BCUT2D eigenvalue weighted by molar-refractivity contribution is 0.00555. The molecule has 17 nitrogen and oxygen atoms in total. The van der Waals surface area contributed by atoms with Crippen molar-refractivity contribution in [2.45, 2.75) is 39.7 Å². The van der Waals surface area contributed by atoms with Gasteiger partial charge in [0, 0.05) is 157 Å². The van der Waals surface area contributed by atoms with Gasteiger partial charge in [0.25, 0.3) is 11.8 Å². The zero-order valence-corrected chi connectivity index (χ0v) is 44.6. The maximum absolute atomic E-state index is 14.5. The van der Waals surface area contributed by atoms with Crippen molar-refractivity contribution in [3.8, 4) is 11.4 Å². The average molecular weight is 1460 g/mol. The summed E-state index contributed by atoms with van der Waals surface area (Å²) in [5.41, 5.74) is 7.28. The zero-order valence-electron chi connectivity index (χ0n) is 43.4. The van der Waals surface area contributed by atoms with E-state index < -0.39 is 35.1 Å². The number of carbonyl (C=O) groups excluding carboxylic acids is 3. The van der Waals surface area contributed by atoms with E-state index in [9.17, 15) is 23.2 Å². The fraction of sp³-hybridized carbons (Fsp3) is 0.220. The van der Waals surface area contributed by atoms with Crippen molar-refractivity contribution >= 4 is 69.0 Å². The van der Waals surface area contributed by atoms with E-state index in [2.05, 4.69) is 35.9 Å². The van der Waals surface area contributed by atoms with E-state index in [1.807, 2.05) is 49.4 Å². The van der Waals surface area contributed by atoms with E-state index in [1.54, 1.807) is 56.4 Å². The molecule has 0 radical (unpaired) electrons. The van der Waals surface area contributed by atoms with Crippen LogP contribution in [0.25, 0.3) is 22.7 Å². The average Bonchev–Trinajstić information content (AvgIpc) is 3.74. The van der Waals surface area contributed by atoms with Gasteiger partial charge in [0.2, 0.25) is 11.7 Å². The molecule has 5 aromatic heterocycles. The second kappa shape index (κ2) is 65.7. The van der Waals surface area contributed by atoms with Crippen LogP contribution in [0.1, 0.15) is 67.9 Å². The van der Waals surface area contributed by atoms with Crippen molar-refractivity contribution in [1.82, 2.24) is 33.8 Å². The monoisotopic (exact) mass is 1460 g/mol. The molecule has 1 saturated heterocycles. The van der Waals surface area contributed by atoms with Crippen LogP contribution in [0, 0.1) is 11.6 Å². The fourth-order valence-electron chi connectivity index (χ4n) is 5.80. The molecule has 0 spiro atoms. The first-order valence-electron chi connectivity index (χ1n) is 20.5. The summed E-state index contributed by atoms with van der Waals surface area (Å²) in [6, 6.07) is 18.6. The van der Waals surface area contributed by atoms with E-state index in [4.69, 9.17) is 141 Å². The third-order valence-corrected chi connectivity index (χ3v) is 8.71. The number of hydrogen-bond acceptors (Lipinski definition) is 11. The molecule has 0 atom stereocenters. The fourth-order valence-corrected chi connectivity index (χ4v) is 5.80. The standard InChI is InChI=1S/C24H23FN6O4.C15H12FN5O2.CH3I.CH4.13F2.FH/c1-24(2,3)34-23(33)30-12-15(13-30)22-28-20(29-35-22)14-7-8-16(25)17(10-14)27-21(32)18-11-26-19-6-4-5-9-31(18)19;16-10-5-4-9(14(17)20-23)7-11(10)19-15(22)12-8-18-13-3-1-2-6-21(12)13;1-2;;13*1-2;/h4-11,15H,12-13H2,1-3H3,(H,27,32);1-8,23H,(H2,17,20)(H,19,22);1H3;1H4;;;;;;;;;;;;;;1H/i;;1D;;;;;;;;;;;;;;;. The third-order valence-electron chi connectivity index (χ3n) is 8.71. The molecule has 8 rings (SSSR count). The predicted octanol–water partition coefficient (Wildman–Crippen LogP) is 18.7. The van der Waals surface area contributed by atoms with Crippen LogP contribution in [0.4, 0.5) is 149 Å². The summed E-state index contributed by atoms with van der Waals surface area (Å²) in [7, 11) is 0. The first kappa shape index (κ1) is 98.2. The predicted molar refractivity (Wildman–Crippen MR) is 263 cm³/mol. The van der Waals surface area contributed by atoms with Gasteiger partial charge in [-0.3, -0.25) is 23.1 Å². The Labute approximate surface area is 487 Å². The SMILES string of the molecule is C.CC(C)(C)OC(=O)N1CC(c2nc(-c3ccc(F)c(NC(=O)c4cnc5ccccn45)c3)no2)C1.F.FF.FF.FF.FF.FF.FF.FF.FF.FF.FF.FF.FF.FF.N/C(=N\O)c1ccc(F)c(NC(=O)c2cnc3ccccn23)c1.[2H]CI. The van der Waals surface area contributed by atoms with Crippen LogP contribution < -0.4 is 16.4 Å². The molecule has 2 aromatic carbocycles. The lowest BCUT2D eigenvalue weighted by atomic mass is 10.0. The van der Waals surface area contributed by atoms with E-state index in [0.29, 0.717) is 40.7 Å². The molecule has 47 heteroatoms. The van der Waals surface area contributed by atoms with Crippen LogP contribution >= 0.6 is 22.6 Å². The minimum absolute atomic E-state index is 0. The second-order valence-electron chi connectivity index (χ2n) is 14.0.